The van der Waals surface area contributed by atoms with Gasteiger partial charge in [0.25, 0.3) is 11.8 Å². The minimum atomic E-state index is -0.111. The molecule has 1 aromatic heterocycles. The molecule has 0 bridgehead atoms. The maximum Gasteiger partial charge on any atom is 0.253 e. The topological polar surface area (TPSA) is 75.2 Å². The zero-order valence-electron chi connectivity index (χ0n) is 17.6. The molecule has 6 nitrogen and oxygen atoms in total. The number of nitrogens with zero attached hydrogens (tertiary/aromatic N) is 3. The summed E-state index contributed by atoms with van der Waals surface area (Å²) in [6.07, 6.45) is 1.49. The first-order valence-corrected chi connectivity index (χ1v) is 10.3. The van der Waals surface area contributed by atoms with Crippen LogP contribution in [-0.2, 0) is 0 Å². The highest BCUT2D eigenvalue weighted by atomic mass is 16.2. The van der Waals surface area contributed by atoms with Crippen LogP contribution in [-0.4, -0.2) is 45.8 Å². The highest BCUT2D eigenvalue weighted by molar-refractivity contribution is 5.97. The van der Waals surface area contributed by atoms with Crippen molar-refractivity contribution in [3.8, 4) is 0 Å². The van der Waals surface area contributed by atoms with Crippen LogP contribution < -0.4 is 5.32 Å². The SMILES string of the molecule is Cc1cccc(C(=O)N2CCC(NC(=O)c3ccc4nc(C)c(C)nc4c3)CC2)c1. The molecule has 0 radical (unpaired) electrons. The summed E-state index contributed by atoms with van der Waals surface area (Å²) >= 11 is 0. The van der Waals surface area contributed by atoms with Gasteiger partial charge >= 0.3 is 0 Å². The Morgan fingerprint density at radius 3 is 2.30 bits per heavy atom. The Morgan fingerprint density at radius 1 is 0.900 bits per heavy atom. The number of carbonyl (C=O) groups excluding carboxylic acids is 2. The van der Waals surface area contributed by atoms with Crippen molar-refractivity contribution in [3.05, 3.63) is 70.5 Å². The number of benzene rings is 2. The summed E-state index contributed by atoms with van der Waals surface area (Å²) in [4.78, 5) is 36.4. The summed E-state index contributed by atoms with van der Waals surface area (Å²) in [5, 5.41) is 3.11. The lowest BCUT2D eigenvalue weighted by Crippen LogP contribution is -2.46. The molecule has 3 aromatic rings. The van der Waals surface area contributed by atoms with Gasteiger partial charge in [0.05, 0.1) is 22.4 Å². The summed E-state index contributed by atoms with van der Waals surface area (Å²) in [6, 6.07) is 13.1. The standard InChI is InChI=1S/C24H26N4O2/c1-15-5-4-6-19(13-15)24(30)28-11-9-20(10-12-28)27-23(29)18-7-8-21-22(14-18)26-17(3)16(2)25-21/h4-8,13-14,20H,9-12H2,1-3H3,(H,27,29). The lowest BCUT2D eigenvalue weighted by atomic mass is 10.0. The van der Waals surface area contributed by atoms with E-state index in [1.54, 1.807) is 12.1 Å². The molecule has 30 heavy (non-hydrogen) atoms. The lowest BCUT2D eigenvalue weighted by Gasteiger charge is -2.32. The molecule has 0 unspecified atom stereocenters. The Kier molecular flexibility index (Phi) is 5.48. The van der Waals surface area contributed by atoms with Gasteiger partial charge in [-0.1, -0.05) is 17.7 Å². The Bertz CT molecular complexity index is 1120. The molecule has 2 heterocycles. The predicted octanol–water partition coefficient (Wildman–Crippen LogP) is 3.59. The van der Waals surface area contributed by atoms with Crippen molar-refractivity contribution >= 4 is 22.8 Å². The highest BCUT2D eigenvalue weighted by Gasteiger charge is 2.25. The second kappa shape index (κ2) is 8.22. The van der Waals surface area contributed by atoms with Crippen molar-refractivity contribution in [2.24, 2.45) is 0 Å². The Labute approximate surface area is 176 Å². The lowest BCUT2D eigenvalue weighted by molar-refractivity contribution is 0.0698. The van der Waals surface area contributed by atoms with Crippen LogP contribution in [0.3, 0.4) is 0 Å². The van der Waals surface area contributed by atoms with Gasteiger partial charge in [0.1, 0.15) is 0 Å². The van der Waals surface area contributed by atoms with Crippen LogP contribution in [0.25, 0.3) is 11.0 Å². The molecule has 0 atom stereocenters. The van der Waals surface area contributed by atoms with E-state index in [0.717, 1.165) is 46.4 Å². The van der Waals surface area contributed by atoms with E-state index in [9.17, 15) is 9.59 Å². The molecule has 1 aliphatic rings. The number of hydrogen-bond acceptors (Lipinski definition) is 4. The number of nitrogens with one attached hydrogen (secondary N) is 1. The first kappa shape index (κ1) is 20.0. The third kappa shape index (κ3) is 4.17. The number of aromatic nitrogens is 2. The average Bonchev–Trinajstić information content (AvgIpc) is 2.74. The molecule has 0 aliphatic carbocycles. The van der Waals surface area contributed by atoms with Crippen LogP contribution in [0.15, 0.2) is 42.5 Å². The molecule has 1 saturated heterocycles. The summed E-state index contributed by atoms with van der Waals surface area (Å²) in [5.74, 6) is -0.0531. The zero-order valence-corrected chi connectivity index (χ0v) is 17.6. The molecule has 1 aliphatic heterocycles. The quantitative estimate of drug-likeness (QED) is 0.726. The van der Waals surface area contributed by atoms with Gasteiger partial charge in [0.15, 0.2) is 0 Å². The Morgan fingerprint density at radius 2 is 1.60 bits per heavy atom. The van der Waals surface area contributed by atoms with E-state index in [4.69, 9.17) is 0 Å². The van der Waals surface area contributed by atoms with Crippen molar-refractivity contribution in [3.63, 3.8) is 0 Å². The fourth-order valence-electron chi connectivity index (χ4n) is 3.83. The molecule has 2 aromatic carbocycles. The van der Waals surface area contributed by atoms with Crippen molar-refractivity contribution in [1.82, 2.24) is 20.2 Å². The normalized spacial score (nSPS) is 14.7. The largest absolute Gasteiger partial charge is 0.349 e. The Hall–Kier alpha value is -3.28. The molecule has 2 amide bonds. The van der Waals surface area contributed by atoms with E-state index in [0.29, 0.717) is 18.7 Å². The summed E-state index contributed by atoms with van der Waals surface area (Å²) in [6.45, 7) is 7.11. The molecule has 0 spiro atoms. The second-order valence-electron chi connectivity index (χ2n) is 8.01. The first-order valence-electron chi connectivity index (χ1n) is 10.3. The fraction of sp³-hybridized carbons (Fsp3) is 0.333. The molecule has 154 valence electrons. The van der Waals surface area contributed by atoms with E-state index < -0.39 is 0 Å². The van der Waals surface area contributed by atoms with Crippen molar-refractivity contribution < 1.29 is 9.59 Å². The third-order valence-electron chi connectivity index (χ3n) is 5.72. The van der Waals surface area contributed by atoms with Crippen LogP contribution in [0.4, 0.5) is 0 Å². The molecule has 6 heteroatoms. The molecular weight excluding hydrogens is 376 g/mol. The number of piperidine rings is 1. The van der Waals surface area contributed by atoms with Crippen LogP contribution in [0.2, 0.25) is 0 Å². The first-order chi connectivity index (χ1) is 14.4. The predicted molar refractivity (Wildman–Crippen MR) is 117 cm³/mol. The van der Waals surface area contributed by atoms with Crippen LogP contribution in [0.1, 0.15) is 50.5 Å². The maximum absolute atomic E-state index is 12.7. The zero-order chi connectivity index (χ0) is 21.3. The number of carbonyl (C=O) groups is 2. The Balaban J connectivity index is 1.38. The molecule has 1 N–H and O–H groups in total. The minimum absolute atomic E-state index is 0.0561. The number of amides is 2. The van der Waals surface area contributed by atoms with Crippen LogP contribution in [0, 0.1) is 20.8 Å². The molecule has 4 rings (SSSR count). The van der Waals surface area contributed by atoms with E-state index in [1.165, 1.54) is 0 Å². The van der Waals surface area contributed by atoms with Crippen molar-refractivity contribution in [1.29, 1.82) is 0 Å². The number of rotatable bonds is 3. The third-order valence-corrected chi connectivity index (χ3v) is 5.72. The van der Waals surface area contributed by atoms with E-state index in [1.807, 2.05) is 56.0 Å². The van der Waals surface area contributed by atoms with Crippen molar-refractivity contribution in [2.75, 3.05) is 13.1 Å². The number of likely N-dealkylation sites (tertiary alicyclic amines) is 1. The highest BCUT2D eigenvalue weighted by Crippen LogP contribution is 2.17. The van der Waals surface area contributed by atoms with Crippen molar-refractivity contribution in [2.45, 2.75) is 39.7 Å². The van der Waals surface area contributed by atoms with E-state index >= 15 is 0 Å². The van der Waals surface area contributed by atoms with Gasteiger partial charge in [0, 0.05) is 30.3 Å². The number of fused-ring (bicyclic) bond motifs is 1. The second-order valence-corrected chi connectivity index (χ2v) is 8.01. The van der Waals surface area contributed by atoms with Gasteiger partial charge in [-0.3, -0.25) is 9.59 Å². The summed E-state index contributed by atoms with van der Waals surface area (Å²) < 4.78 is 0. The van der Waals surface area contributed by atoms with Gasteiger partial charge in [0.2, 0.25) is 0 Å². The fourth-order valence-corrected chi connectivity index (χ4v) is 3.83. The van der Waals surface area contributed by atoms with E-state index in [-0.39, 0.29) is 17.9 Å². The molecule has 0 saturated carbocycles. The maximum atomic E-state index is 12.7. The van der Waals surface area contributed by atoms with E-state index in [2.05, 4.69) is 15.3 Å². The summed E-state index contributed by atoms with van der Waals surface area (Å²) in [5.41, 5.74) is 5.66. The number of hydrogen-bond donors (Lipinski definition) is 1. The van der Waals surface area contributed by atoms with Gasteiger partial charge < -0.3 is 10.2 Å². The molecular formula is C24H26N4O2. The summed E-state index contributed by atoms with van der Waals surface area (Å²) in [7, 11) is 0. The number of aryl methyl sites for hydroxylation is 3. The van der Waals surface area contributed by atoms with Crippen LogP contribution in [0.5, 0.6) is 0 Å². The van der Waals surface area contributed by atoms with Crippen LogP contribution >= 0.6 is 0 Å². The molecule has 1 fully saturated rings. The minimum Gasteiger partial charge on any atom is -0.349 e. The van der Waals surface area contributed by atoms with Gasteiger partial charge in [-0.15, -0.1) is 0 Å². The van der Waals surface area contributed by atoms with Gasteiger partial charge in [-0.2, -0.15) is 0 Å². The van der Waals surface area contributed by atoms with Gasteiger partial charge in [-0.05, 0) is 63.9 Å². The average molecular weight is 402 g/mol. The smallest absolute Gasteiger partial charge is 0.253 e. The van der Waals surface area contributed by atoms with Gasteiger partial charge in [-0.25, -0.2) is 9.97 Å². The monoisotopic (exact) mass is 402 g/mol.